The van der Waals surface area contributed by atoms with Crippen LogP contribution in [0.15, 0.2) is 48.8 Å². The van der Waals surface area contributed by atoms with E-state index < -0.39 is 5.91 Å². The molecule has 0 saturated carbocycles. The largest absolute Gasteiger partial charge is 0.338 e. The molecule has 2 N–H and O–H groups in total. The average Bonchev–Trinajstić information content (AvgIpc) is 2.65. The van der Waals surface area contributed by atoms with Crippen molar-refractivity contribution in [2.75, 3.05) is 10.6 Å². The average molecular weight is 378 g/mol. The van der Waals surface area contributed by atoms with Crippen molar-refractivity contribution < 1.29 is 4.79 Å². The molecule has 0 spiro atoms. The van der Waals surface area contributed by atoms with Crippen LogP contribution in [0.1, 0.15) is 27.2 Å². The molecule has 6 nitrogen and oxygen atoms in total. The molecule has 3 rings (SSSR count). The Bertz CT molecular complexity index is 1020. The predicted octanol–water partition coefficient (Wildman–Crippen LogP) is 4.61. The first-order chi connectivity index (χ1) is 13.0. The molecule has 3 aromatic rings. The zero-order valence-electron chi connectivity index (χ0n) is 14.7. The van der Waals surface area contributed by atoms with E-state index in [1.807, 2.05) is 32.0 Å². The fraction of sp³-hybridized carbons (Fsp3) is 0.100. The van der Waals surface area contributed by atoms with Crippen molar-refractivity contribution in [3.8, 4) is 6.07 Å². The van der Waals surface area contributed by atoms with Crippen LogP contribution in [0.25, 0.3) is 0 Å². The number of hydrogen-bond donors (Lipinski definition) is 2. The lowest BCUT2D eigenvalue weighted by molar-refractivity contribution is 0.102. The lowest BCUT2D eigenvalue weighted by atomic mass is 10.1. The highest BCUT2D eigenvalue weighted by Crippen LogP contribution is 2.29. The van der Waals surface area contributed by atoms with Gasteiger partial charge in [-0.05, 0) is 43.2 Å². The van der Waals surface area contributed by atoms with E-state index >= 15 is 0 Å². The number of carbonyl (C=O) groups excluding carboxylic acids is 1. The number of halogens is 1. The van der Waals surface area contributed by atoms with Crippen LogP contribution in [0.4, 0.5) is 17.2 Å². The van der Waals surface area contributed by atoms with Crippen molar-refractivity contribution in [1.82, 2.24) is 9.97 Å². The van der Waals surface area contributed by atoms with E-state index in [2.05, 4.69) is 20.6 Å². The minimum Gasteiger partial charge on any atom is -0.338 e. The maximum Gasteiger partial charge on any atom is 0.275 e. The minimum absolute atomic E-state index is 0.139. The summed E-state index contributed by atoms with van der Waals surface area (Å²) in [6, 6.07) is 12.6. The first kappa shape index (κ1) is 18.4. The van der Waals surface area contributed by atoms with Crippen LogP contribution in [0.2, 0.25) is 5.02 Å². The van der Waals surface area contributed by atoms with Crippen molar-refractivity contribution in [2.24, 2.45) is 0 Å². The molecule has 7 heteroatoms. The molecule has 2 aromatic carbocycles. The molecule has 0 bridgehead atoms. The summed E-state index contributed by atoms with van der Waals surface area (Å²) in [7, 11) is 0. The second-order valence-electron chi connectivity index (χ2n) is 5.96. The summed E-state index contributed by atoms with van der Waals surface area (Å²) in [5, 5.41) is 15.5. The molecule has 0 saturated heterocycles. The van der Waals surface area contributed by atoms with Crippen LogP contribution >= 0.6 is 11.6 Å². The van der Waals surface area contributed by atoms with Crippen molar-refractivity contribution in [3.63, 3.8) is 0 Å². The second kappa shape index (κ2) is 7.85. The number of anilines is 3. The molecule has 0 aliphatic carbocycles. The summed E-state index contributed by atoms with van der Waals surface area (Å²) in [4.78, 5) is 20.7. The number of nitriles is 1. The third-order valence-corrected chi connectivity index (χ3v) is 4.16. The second-order valence-corrected chi connectivity index (χ2v) is 6.37. The highest BCUT2D eigenvalue weighted by Gasteiger charge is 2.12. The van der Waals surface area contributed by atoms with Crippen LogP contribution in [-0.2, 0) is 0 Å². The van der Waals surface area contributed by atoms with Gasteiger partial charge in [0.15, 0.2) is 0 Å². The SMILES string of the molecule is Cc1cc(C)c(Nc2cnc(C(=O)Nc3ccccc3C#N)cn2)c(Cl)c1. The van der Waals surface area contributed by atoms with Gasteiger partial charge in [-0.15, -0.1) is 0 Å². The molecular formula is C20H16ClN5O. The Morgan fingerprint density at radius 2 is 1.93 bits per heavy atom. The minimum atomic E-state index is -0.443. The molecule has 0 radical (unpaired) electrons. The summed E-state index contributed by atoms with van der Waals surface area (Å²) in [5.41, 5.74) is 3.74. The third-order valence-electron chi connectivity index (χ3n) is 3.87. The number of para-hydroxylation sites is 1. The highest BCUT2D eigenvalue weighted by atomic mass is 35.5. The Hall–Kier alpha value is -3.43. The molecule has 0 unspecified atom stereocenters. The van der Waals surface area contributed by atoms with Gasteiger partial charge in [0.25, 0.3) is 5.91 Å². The summed E-state index contributed by atoms with van der Waals surface area (Å²) < 4.78 is 0. The number of nitrogens with one attached hydrogen (secondary N) is 2. The number of hydrogen-bond acceptors (Lipinski definition) is 5. The third kappa shape index (κ3) is 4.22. The van der Waals surface area contributed by atoms with Gasteiger partial charge in [-0.1, -0.05) is 29.8 Å². The van der Waals surface area contributed by atoms with Gasteiger partial charge in [0.05, 0.1) is 34.4 Å². The molecule has 1 aromatic heterocycles. The lowest BCUT2D eigenvalue weighted by Gasteiger charge is -2.12. The Morgan fingerprint density at radius 3 is 2.59 bits per heavy atom. The van der Waals surface area contributed by atoms with Crippen molar-refractivity contribution in [1.29, 1.82) is 5.26 Å². The number of nitrogens with zero attached hydrogens (tertiary/aromatic N) is 3. The fourth-order valence-corrected chi connectivity index (χ4v) is 2.96. The first-order valence-electron chi connectivity index (χ1n) is 8.14. The topological polar surface area (TPSA) is 90.7 Å². The molecule has 27 heavy (non-hydrogen) atoms. The molecule has 0 fully saturated rings. The van der Waals surface area contributed by atoms with Gasteiger partial charge in [-0.25, -0.2) is 9.97 Å². The Balaban J connectivity index is 1.76. The van der Waals surface area contributed by atoms with E-state index in [1.54, 1.807) is 24.3 Å². The maximum atomic E-state index is 12.3. The Kier molecular flexibility index (Phi) is 5.34. The van der Waals surface area contributed by atoms with Gasteiger partial charge in [-0.2, -0.15) is 5.26 Å². The van der Waals surface area contributed by atoms with Gasteiger partial charge in [-0.3, -0.25) is 4.79 Å². The van der Waals surface area contributed by atoms with Crippen LogP contribution in [0.3, 0.4) is 0 Å². The van der Waals surface area contributed by atoms with Crippen LogP contribution < -0.4 is 10.6 Å². The molecular weight excluding hydrogens is 362 g/mol. The zero-order valence-corrected chi connectivity index (χ0v) is 15.5. The number of aromatic nitrogens is 2. The standard InChI is InChI=1S/C20H16ClN5O/c1-12-7-13(2)19(15(21)8-12)26-18-11-23-17(10-24-18)20(27)25-16-6-4-3-5-14(16)9-22/h3-8,10-11H,1-2H3,(H,24,26)(H,25,27). The molecule has 1 amide bonds. The van der Waals surface area contributed by atoms with Gasteiger partial charge >= 0.3 is 0 Å². The highest BCUT2D eigenvalue weighted by molar-refractivity contribution is 6.33. The predicted molar refractivity (Wildman–Crippen MR) is 105 cm³/mol. The van der Waals surface area contributed by atoms with Crippen LogP contribution in [-0.4, -0.2) is 15.9 Å². The lowest BCUT2D eigenvalue weighted by Crippen LogP contribution is -2.15. The Labute approximate surface area is 161 Å². The van der Waals surface area contributed by atoms with Gasteiger partial charge < -0.3 is 10.6 Å². The number of carbonyl (C=O) groups is 1. The van der Waals surface area contributed by atoms with Gasteiger partial charge in [0.2, 0.25) is 0 Å². The monoisotopic (exact) mass is 377 g/mol. The molecule has 0 aliphatic heterocycles. The van der Waals surface area contributed by atoms with E-state index in [4.69, 9.17) is 16.9 Å². The van der Waals surface area contributed by atoms with E-state index in [9.17, 15) is 4.79 Å². The molecule has 134 valence electrons. The molecule has 0 aliphatic rings. The van der Waals surface area contributed by atoms with Crippen LogP contribution in [0, 0.1) is 25.2 Å². The smallest absolute Gasteiger partial charge is 0.275 e. The number of aryl methyl sites for hydroxylation is 2. The fourth-order valence-electron chi connectivity index (χ4n) is 2.59. The molecule has 1 heterocycles. The van der Waals surface area contributed by atoms with Crippen molar-refractivity contribution >= 4 is 34.7 Å². The summed E-state index contributed by atoms with van der Waals surface area (Å²) in [5.74, 6) is 0.0270. The van der Waals surface area contributed by atoms with Crippen molar-refractivity contribution in [2.45, 2.75) is 13.8 Å². The van der Waals surface area contributed by atoms with Gasteiger partial charge in [0.1, 0.15) is 17.6 Å². The van der Waals surface area contributed by atoms with E-state index in [1.165, 1.54) is 12.4 Å². The first-order valence-corrected chi connectivity index (χ1v) is 8.52. The summed E-state index contributed by atoms with van der Waals surface area (Å²) in [6.45, 7) is 3.92. The van der Waals surface area contributed by atoms with E-state index in [0.29, 0.717) is 22.1 Å². The maximum absolute atomic E-state index is 12.3. The van der Waals surface area contributed by atoms with Crippen molar-refractivity contribution in [3.05, 3.63) is 76.2 Å². The summed E-state index contributed by atoms with van der Waals surface area (Å²) in [6.07, 6.45) is 2.82. The normalized spacial score (nSPS) is 10.1. The van der Waals surface area contributed by atoms with E-state index in [0.717, 1.165) is 16.8 Å². The Morgan fingerprint density at radius 1 is 1.15 bits per heavy atom. The van der Waals surface area contributed by atoms with Crippen LogP contribution in [0.5, 0.6) is 0 Å². The number of amides is 1. The van der Waals surface area contributed by atoms with E-state index in [-0.39, 0.29) is 5.69 Å². The number of rotatable bonds is 4. The number of benzene rings is 2. The summed E-state index contributed by atoms with van der Waals surface area (Å²) >= 11 is 6.28. The molecule has 0 atom stereocenters. The zero-order chi connectivity index (χ0) is 19.4. The quantitative estimate of drug-likeness (QED) is 0.692. The van der Waals surface area contributed by atoms with Gasteiger partial charge in [0, 0.05) is 0 Å².